The highest BCUT2D eigenvalue weighted by atomic mass is 32.1. The molecule has 1 unspecified atom stereocenters. The summed E-state index contributed by atoms with van der Waals surface area (Å²) in [6.07, 6.45) is 0. The van der Waals surface area contributed by atoms with E-state index in [9.17, 15) is 10.2 Å². The Morgan fingerprint density at radius 1 is 1.33 bits per heavy atom. The first-order valence-electron chi connectivity index (χ1n) is 5.73. The summed E-state index contributed by atoms with van der Waals surface area (Å²) in [7, 11) is 0. The van der Waals surface area contributed by atoms with Crippen molar-refractivity contribution in [3.63, 3.8) is 0 Å². The Hall–Kier alpha value is -1.59. The van der Waals surface area contributed by atoms with Crippen molar-refractivity contribution in [2.75, 3.05) is 0 Å². The van der Waals surface area contributed by atoms with E-state index in [0.29, 0.717) is 12.1 Å². The Kier molecular flexibility index (Phi) is 3.84. The van der Waals surface area contributed by atoms with Crippen LogP contribution < -0.4 is 5.32 Å². The summed E-state index contributed by atoms with van der Waals surface area (Å²) in [5, 5.41) is 25.8. The van der Waals surface area contributed by atoms with Crippen LogP contribution in [0.3, 0.4) is 0 Å². The average Bonchev–Trinajstić information content (AvgIpc) is 2.72. The zero-order chi connectivity index (χ0) is 13.1. The van der Waals surface area contributed by atoms with Gasteiger partial charge in [0.05, 0.1) is 16.3 Å². The van der Waals surface area contributed by atoms with Crippen molar-refractivity contribution in [1.29, 1.82) is 0 Å². The van der Waals surface area contributed by atoms with E-state index in [4.69, 9.17) is 0 Å². The van der Waals surface area contributed by atoms with Crippen molar-refractivity contribution in [3.8, 4) is 11.5 Å². The Bertz CT molecular complexity index is 519. The van der Waals surface area contributed by atoms with Crippen LogP contribution in [0.15, 0.2) is 23.6 Å². The molecular formula is C13H16N2O2S. The van der Waals surface area contributed by atoms with Crippen LogP contribution in [0.4, 0.5) is 0 Å². The van der Waals surface area contributed by atoms with Gasteiger partial charge in [-0.15, -0.1) is 11.3 Å². The molecule has 18 heavy (non-hydrogen) atoms. The first-order valence-corrected chi connectivity index (χ1v) is 6.61. The number of aryl methyl sites for hydroxylation is 1. The van der Waals surface area contributed by atoms with E-state index in [1.165, 1.54) is 0 Å². The molecule has 3 N–H and O–H groups in total. The van der Waals surface area contributed by atoms with Gasteiger partial charge in [-0.3, -0.25) is 0 Å². The van der Waals surface area contributed by atoms with E-state index >= 15 is 0 Å². The fraction of sp³-hybridized carbons (Fsp3) is 0.308. The molecule has 2 rings (SSSR count). The molecular weight excluding hydrogens is 248 g/mol. The molecule has 0 spiro atoms. The van der Waals surface area contributed by atoms with Crippen LogP contribution in [-0.2, 0) is 6.54 Å². The van der Waals surface area contributed by atoms with E-state index in [1.54, 1.807) is 29.5 Å². The van der Waals surface area contributed by atoms with Gasteiger partial charge in [0.15, 0.2) is 0 Å². The summed E-state index contributed by atoms with van der Waals surface area (Å²) in [5.74, 6) is 0.203. The molecule has 1 aromatic carbocycles. The summed E-state index contributed by atoms with van der Waals surface area (Å²) in [6, 6.07) is 4.61. The van der Waals surface area contributed by atoms with Crippen molar-refractivity contribution in [1.82, 2.24) is 10.3 Å². The maximum atomic E-state index is 9.75. The van der Waals surface area contributed by atoms with Crippen LogP contribution in [0.2, 0.25) is 0 Å². The van der Waals surface area contributed by atoms with E-state index < -0.39 is 0 Å². The number of rotatable bonds is 4. The van der Waals surface area contributed by atoms with E-state index in [2.05, 4.69) is 10.3 Å². The van der Waals surface area contributed by atoms with Crippen molar-refractivity contribution < 1.29 is 10.2 Å². The van der Waals surface area contributed by atoms with Gasteiger partial charge < -0.3 is 15.5 Å². The molecule has 0 bridgehead atoms. The third-order valence-electron chi connectivity index (χ3n) is 2.75. The second kappa shape index (κ2) is 5.37. The van der Waals surface area contributed by atoms with Crippen molar-refractivity contribution >= 4 is 11.3 Å². The molecule has 4 nitrogen and oxygen atoms in total. The number of phenolic OH excluding ortho intramolecular Hbond substituents is 2. The zero-order valence-electron chi connectivity index (χ0n) is 10.3. The second-order valence-electron chi connectivity index (χ2n) is 4.17. The number of aromatic hydroxyl groups is 2. The second-order valence-corrected chi connectivity index (χ2v) is 5.23. The number of hydrogen-bond donors (Lipinski definition) is 3. The lowest BCUT2D eigenvalue weighted by Gasteiger charge is -2.16. The van der Waals surface area contributed by atoms with Gasteiger partial charge in [0.1, 0.15) is 11.5 Å². The van der Waals surface area contributed by atoms with Gasteiger partial charge >= 0.3 is 0 Å². The Morgan fingerprint density at radius 2 is 2.00 bits per heavy atom. The van der Waals surface area contributed by atoms with Gasteiger partial charge in [-0.1, -0.05) is 6.07 Å². The first kappa shape index (κ1) is 12.9. The molecule has 0 radical (unpaired) electrons. The third-order valence-corrected chi connectivity index (χ3v) is 3.57. The molecule has 2 aromatic rings. The highest BCUT2D eigenvalue weighted by Gasteiger charge is 2.14. The van der Waals surface area contributed by atoms with E-state index in [0.717, 1.165) is 10.7 Å². The number of nitrogens with zero attached hydrogens (tertiary/aromatic N) is 1. The fourth-order valence-corrected chi connectivity index (χ4v) is 2.45. The largest absolute Gasteiger partial charge is 0.507 e. The molecule has 0 saturated carbocycles. The number of phenols is 2. The van der Waals surface area contributed by atoms with Crippen molar-refractivity contribution in [2.45, 2.75) is 26.4 Å². The van der Waals surface area contributed by atoms with E-state index in [1.807, 2.05) is 19.2 Å². The number of benzene rings is 1. The summed E-state index contributed by atoms with van der Waals surface area (Å²) < 4.78 is 0. The maximum absolute atomic E-state index is 9.75. The first-order chi connectivity index (χ1) is 8.58. The topological polar surface area (TPSA) is 65.4 Å². The average molecular weight is 264 g/mol. The molecule has 0 aliphatic carbocycles. The lowest BCUT2D eigenvalue weighted by Crippen LogP contribution is -2.18. The summed E-state index contributed by atoms with van der Waals surface area (Å²) in [6.45, 7) is 4.47. The SMILES string of the molecule is Cc1nc(CNC(C)c2c(O)cccc2O)cs1. The molecule has 1 heterocycles. The van der Waals surface area contributed by atoms with Crippen molar-refractivity contribution in [2.24, 2.45) is 0 Å². The molecule has 0 aliphatic rings. The summed E-state index contributed by atoms with van der Waals surface area (Å²) in [5.41, 5.74) is 1.49. The maximum Gasteiger partial charge on any atom is 0.124 e. The van der Waals surface area contributed by atoms with Crippen LogP contribution in [0, 0.1) is 6.92 Å². The highest BCUT2D eigenvalue weighted by Crippen LogP contribution is 2.32. The van der Waals surface area contributed by atoms with Gasteiger partial charge in [0, 0.05) is 18.0 Å². The van der Waals surface area contributed by atoms with Gasteiger partial charge in [-0.2, -0.15) is 0 Å². The fourth-order valence-electron chi connectivity index (χ4n) is 1.83. The summed E-state index contributed by atoms with van der Waals surface area (Å²) in [4.78, 5) is 4.35. The van der Waals surface area contributed by atoms with Crippen LogP contribution in [0.25, 0.3) is 0 Å². The van der Waals surface area contributed by atoms with Gasteiger partial charge in [-0.05, 0) is 26.0 Å². The predicted molar refractivity (Wildman–Crippen MR) is 71.9 cm³/mol. The van der Waals surface area contributed by atoms with Gasteiger partial charge in [0.2, 0.25) is 0 Å². The Morgan fingerprint density at radius 3 is 2.56 bits per heavy atom. The predicted octanol–water partition coefficient (Wildman–Crippen LogP) is 2.71. The number of hydrogen-bond acceptors (Lipinski definition) is 5. The quantitative estimate of drug-likeness (QED) is 0.794. The van der Waals surface area contributed by atoms with Gasteiger partial charge in [-0.25, -0.2) is 4.98 Å². The molecule has 0 amide bonds. The van der Waals surface area contributed by atoms with Crippen LogP contribution in [-0.4, -0.2) is 15.2 Å². The monoisotopic (exact) mass is 264 g/mol. The standard InChI is InChI=1S/C13H16N2O2S/c1-8(13-11(16)4-3-5-12(13)17)14-6-10-7-18-9(2)15-10/h3-5,7-8,14,16-17H,6H2,1-2H3. The Balaban J connectivity index is 2.06. The van der Waals surface area contributed by atoms with E-state index in [-0.39, 0.29) is 17.5 Å². The molecule has 0 saturated heterocycles. The molecule has 1 atom stereocenters. The Labute approximate surface area is 110 Å². The minimum Gasteiger partial charge on any atom is -0.507 e. The minimum atomic E-state index is -0.145. The highest BCUT2D eigenvalue weighted by molar-refractivity contribution is 7.09. The minimum absolute atomic E-state index is 0.101. The molecule has 0 aliphatic heterocycles. The molecule has 5 heteroatoms. The van der Waals surface area contributed by atoms with Crippen molar-refractivity contribution in [3.05, 3.63) is 39.8 Å². The molecule has 1 aromatic heterocycles. The lowest BCUT2D eigenvalue weighted by molar-refractivity contribution is 0.418. The number of nitrogens with one attached hydrogen (secondary N) is 1. The molecule has 96 valence electrons. The number of aromatic nitrogens is 1. The van der Waals surface area contributed by atoms with Gasteiger partial charge in [0.25, 0.3) is 0 Å². The molecule has 0 fully saturated rings. The van der Waals surface area contributed by atoms with Crippen LogP contribution >= 0.6 is 11.3 Å². The number of thiazole rings is 1. The smallest absolute Gasteiger partial charge is 0.124 e. The zero-order valence-corrected chi connectivity index (χ0v) is 11.2. The summed E-state index contributed by atoms with van der Waals surface area (Å²) >= 11 is 1.61. The normalized spacial score (nSPS) is 12.6. The van der Waals surface area contributed by atoms with Crippen LogP contribution in [0.1, 0.15) is 29.2 Å². The third kappa shape index (κ3) is 2.80. The lowest BCUT2D eigenvalue weighted by atomic mass is 10.1. The van der Waals surface area contributed by atoms with Crippen LogP contribution in [0.5, 0.6) is 11.5 Å².